The van der Waals surface area contributed by atoms with Crippen LogP contribution in [0.1, 0.15) is 13.3 Å². The van der Waals surface area contributed by atoms with Crippen LogP contribution in [0.15, 0.2) is 0 Å². The molecule has 0 heterocycles. The zero-order chi connectivity index (χ0) is 11.7. The van der Waals surface area contributed by atoms with Crippen molar-refractivity contribution >= 4 is 15.6 Å². The summed E-state index contributed by atoms with van der Waals surface area (Å²) in [5, 5.41) is 2.57. The second kappa shape index (κ2) is 8.69. The molecule has 2 amide bonds. The van der Waals surface area contributed by atoms with E-state index in [2.05, 4.69) is 12.2 Å². The van der Waals surface area contributed by atoms with Gasteiger partial charge in [-0.15, -0.1) is 0 Å². The first kappa shape index (κ1) is 14.4. The molecule has 1 atom stereocenters. The molecule has 88 valence electrons. The summed E-state index contributed by atoms with van der Waals surface area (Å²) in [7, 11) is 4.03. The van der Waals surface area contributed by atoms with Crippen LogP contribution in [0.3, 0.4) is 0 Å². The van der Waals surface area contributed by atoms with Crippen LogP contribution in [-0.2, 0) is 9.47 Å². The van der Waals surface area contributed by atoms with E-state index in [1.165, 1.54) is 0 Å². The van der Waals surface area contributed by atoms with Gasteiger partial charge in [0.05, 0.1) is 0 Å². The molecule has 0 aromatic rings. The summed E-state index contributed by atoms with van der Waals surface area (Å²) in [6.45, 7) is 2.78. The fourth-order valence-corrected chi connectivity index (χ4v) is 2.35. The number of hydrogen-bond donors (Lipinski definition) is 2. The SMILES string of the molecule is COC(C[Si]C(C)CCNC(N)=O)OC. The third-order valence-electron chi connectivity index (χ3n) is 2.04. The molecule has 1 unspecified atom stereocenters. The molecule has 2 radical (unpaired) electrons. The normalized spacial score (nSPS) is 12.8. The number of ether oxygens (including phenoxy) is 2. The standard InChI is InChI=1S/C9H20N2O3Si/c1-7(4-5-11-9(10)12)15-6-8(13-2)14-3/h7-8H,4-6H2,1-3H3,(H3,10,11,12). The molecule has 0 aromatic carbocycles. The number of amides is 2. The van der Waals surface area contributed by atoms with Crippen molar-refractivity contribution in [1.82, 2.24) is 5.32 Å². The lowest BCUT2D eigenvalue weighted by atomic mass is 10.3. The van der Waals surface area contributed by atoms with E-state index in [4.69, 9.17) is 15.2 Å². The summed E-state index contributed by atoms with van der Waals surface area (Å²) in [5.74, 6) is 0. The Balaban J connectivity index is 3.47. The quantitative estimate of drug-likeness (QED) is 0.475. The van der Waals surface area contributed by atoms with Gasteiger partial charge in [-0.05, 0) is 12.5 Å². The van der Waals surface area contributed by atoms with Crippen LogP contribution in [0.25, 0.3) is 0 Å². The largest absolute Gasteiger partial charge is 0.356 e. The maximum atomic E-state index is 10.4. The van der Waals surface area contributed by atoms with E-state index in [0.717, 1.165) is 22.0 Å². The van der Waals surface area contributed by atoms with Crippen LogP contribution in [0.5, 0.6) is 0 Å². The van der Waals surface area contributed by atoms with E-state index in [0.29, 0.717) is 12.1 Å². The van der Waals surface area contributed by atoms with Gasteiger partial charge < -0.3 is 20.5 Å². The molecule has 0 aliphatic heterocycles. The van der Waals surface area contributed by atoms with Gasteiger partial charge in [0.15, 0.2) is 6.29 Å². The molecule has 3 N–H and O–H groups in total. The minimum absolute atomic E-state index is 0.116. The minimum atomic E-state index is -0.461. The fraction of sp³-hybridized carbons (Fsp3) is 0.889. The van der Waals surface area contributed by atoms with Crippen LogP contribution in [0.4, 0.5) is 4.79 Å². The van der Waals surface area contributed by atoms with Gasteiger partial charge in [0.1, 0.15) is 0 Å². The van der Waals surface area contributed by atoms with Gasteiger partial charge in [-0.1, -0.05) is 12.5 Å². The van der Waals surface area contributed by atoms with Gasteiger partial charge in [-0.25, -0.2) is 4.79 Å². The van der Waals surface area contributed by atoms with E-state index >= 15 is 0 Å². The Morgan fingerprint density at radius 2 is 2.07 bits per heavy atom. The van der Waals surface area contributed by atoms with Crippen LogP contribution in [0.2, 0.25) is 11.6 Å². The molecular weight excluding hydrogens is 212 g/mol. The van der Waals surface area contributed by atoms with Crippen molar-refractivity contribution < 1.29 is 14.3 Å². The minimum Gasteiger partial charge on any atom is -0.356 e. The number of urea groups is 1. The predicted molar refractivity (Wildman–Crippen MR) is 60.0 cm³/mol. The highest BCUT2D eigenvalue weighted by Gasteiger charge is 2.09. The highest BCUT2D eigenvalue weighted by atomic mass is 28.2. The third kappa shape index (κ3) is 8.40. The summed E-state index contributed by atoms with van der Waals surface area (Å²) < 4.78 is 10.2. The zero-order valence-electron chi connectivity index (χ0n) is 9.58. The molecule has 6 heteroatoms. The summed E-state index contributed by atoms with van der Waals surface area (Å²) in [5.41, 5.74) is 5.50. The van der Waals surface area contributed by atoms with Crippen LogP contribution >= 0.6 is 0 Å². The Morgan fingerprint density at radius 3 is 2.53 bits per heavy atom. The first-order chi connectivity index (χ1) is 7.10. The number of carbonyl (C=O) groups excluding carboxylic acids is 1. The summed E-state index contributed by atoms with van der Waals surface area (Å²) in [4.78, 5) is 10.4. The average Bonchev–Trinajstić information content (AvgIpc) is 2.18. The van der Waals surface area contributed by atoms with Gasteiger partial charge in [-0.2, -0.15) is 0 Å². The highest BCUT2D eigenvalue weighted by Crippen LogP contribution is 2.11. The van der Waals surface area contributed by atoms with Crippen LogP contribution in [0, 0.1) is 0 Å². The second-order valence-electron chi connectivity index (χ2n) is 3.29. The van der Waals surface area contributed by atoms with E-state index in [1.54, 1.807) is 14.2 Å². The van der Waals surface area contributed by atoms with E-state index in [-0.39, 0.29) is 6.29 Å². The Hall–Kier alpha value is -0.593. The molecule has 0 aliphatic carbocycles. The van der Waals surface area contributed by atoms with Gasteiger partial charge in [0.25, 0.3) is 0 Å². The third-order valence-corrected chi connectivity index (χ3v) is 3.59. The zero-order valence-corrected chi connectivity index (χ0v) is 10.6. The number of rotatable bonds is 8. The van der Waals surface area contributed by atoms with E-state index in [1.807, 2.05) is 0 Å². The molecule has 0 rings (SSSR count). The van der Waals surface area contributed by atoms with Gasteiger partial charge in [0.2, 0.25) is 0 Å². The predicted octanol–water partition coefficient (Wildman–Crippen LogP) is 0.595. The Kier molecular flexibility index (Phi) is 8.35. The van der Waals surface area contributed by atoms with Gasteiger partial charge >= 0.3 is 6.03 Å². The van der Waals surface area contributed by atoms with Crippen molar-refractivity contribution in [3.8, 4) is 0 Å². The molecule has 0 saturated carbocycles. The highest BCUT2D eigenvalue weighted by molar-refractivity contribution is 6.37. The molecule has 15 heavy (non-hydrogen) atoms. The molecule has 0 fully saturated rings. The van der Waals surface area contributed by atoms with Crippen LogP contribution in [-0.4, -0.2) is 42.6 Å². The first-order valence-electron chi connectivity index (χ1n) is 4.92. The molecule has 0 aliphatic rings. The summed E-state index contributed by atoms with van der Waals surface area (Å²) in [6.07, 6.45) is 0.816. The number of nitrogens with two attached hydrogens (primary N) is 1. The van der Waals surface area contributed by atoms with E-state index < -0.39 is 6.03 Å². The molecular formula is C9H20N2O3Si. The Morgan fingerprint density at radius 1 is 1.47 bits per heavy atom. The first-order valence-corrected chi connectivity index (χ1v) is 6.20. The van der Waals surface area contributed by atoms with Crippen molar-refractivity contribution in [3.05, 3.63) is 0 Å². The topological polar surface area (TPSA) is 73.6 Å². The molecule has 0 spiro atoms. The molecule has 0 saturated heterocycles. The molecule has 0 bridgehead atoms. The van der Waals surface area contributed by atoms with Gasteiger partial charge in [-0.3, -0.25) is 0 Å². The molecule has 0 aromatic heterocycles. The number of hydrogen-bond acceptors (Lipinski definition) is 3. The number of methoxy groups -OCH3 is 2. The number of carbonyl (C=O) groups is 1. The maximum Gasteiger partial charge on any atom is 0.312 e. The lowest BCUT2D eigenvalue weighted by Crippen LogP contribution is -2.30. The monoisotopic (exact) mass is 232 g/mol. The van der Waals surface area contributed by atoms with Crippen molar-refractivity contribution in [2.75, 3.05) is 20.8 Å². The molecule has 5 nitrogen and oxygen atoms in total. The Labute approximate surface area is 93.5 Å². The summed E-state index contributed by atoms with van der Waals surface area (Å²) in [6, 6.07) is 0.433. The van der Waals surface area contributed by atoms with Crippen molar-refractivity contribution in [2.45, 2.75) is 31.2 Å². The Bertz CT molecular complexity index is 177. The van der Waals surface area contributed by atoms with E-state index in [9.17, 15) is 4.79 Å². The number of primary amides is 1. The van der Waals surface area contributed by atoms with Gasteiger partial charge in [0, 0.05) is 30.3 Å². The van der Waals surface area contributed by atoms with Crippen molar-refractivity contribution in [2.24, 2.45) is 5.73 Å². The second-order valence-corrected chi connectivity index (χ2v) is 5.09. The fourth-order valence-electron chi connectivity index (χ4n) is 1.07. The van der Waals surface area contributed by atoms with Crippen molar-refractivity contribution in [3.63, 3.8) is 0 Å². The average molecular weight is 232 g/mol. The van der Waals surface area contributed by atoms with Crippen molar-refractivity contribution in [1.29, 1.82) is 0 Å². The lowest BCUT2D eigenvalue weighted by molar-refractivity contribution is -0.0877. The summed E-state index contributed by atoms with van der Waals surface area (Å²) >= 11 is 0. The lowest BCUT2D eigenvalue weighted by Gasteiger charge is -2.15. The van der Waals surface area contributed by atoms with Crippen LogP contribution < -0.4 is 11.1 Å². The maximum absolute atomic E-state index is 10.4. The smallest absolute Gasteiger partial charge is 0.312 e. The number of nitrogens with one attached hydrogen (secondary N) is 1.